The number of hydrogen-bond acceptors (Lipinski definition) is 0. The van der Waals surface area contributed by atoms with Gasteiger partial charge in [-0.15, -0.1) is 0 Å². The lowest BCUT2D eigenvalue weighted by atomic mass is 9.92. The molecule has 0 fully saturated rings. The molecular formula is C10H21. The summed E-state index contributed by atoms with van der Waals surface area (Å²) in [5.41, 5.74) is 0. The third-order valence-electron chi connectivity index (χ3n) is 2.12. The molecule has 0 aliphatic rings. The first-order valence-corrected chi connectivity index (χ1v) is 4.50. The van der Waals surface area contributed by atoms with Crippen LogP contribution in [0.4, 0.5) is 0 Å². The van der Waals surface area contributed by atoms with Gasteiger partial charge in [-0.2, -0.15) is 0 Å². The first-order valence-electron chi connectivity index (χ1n) is 4.50. The van der Waals surface area contributed by atoms with Crippen molar-refractivity contribution in [1.29, 1.82) is 0 Å². The van der Waals surface area contributed by atoms with E-state index in [2.05, 4.69) is 34.1 Å². The van der Waals surface area contributed by atoms with Gasteiger partial charge in [0.2, 0.25) is 0 Å². The van der Waals surface area contributed by atoms with E-state index in [-0.39, 0.29) is 0 Å². The smallest absolute Gasteiger partial charge is 0.0389 e. The van der Waals surface area contributed by atoms with Gasteiger partial charge in [-0.3, -0.25) is 0 Å². The van der Waals surface area contributed by atoms with Crippen LogP contribution in [0, 0.1) is 18.3 Å². The predicted octanol–water partition coefficient (Wildman–Crippen LogP) is 3.67. The molecule has 0 aromatic rings. The second-order valence-electron chi connectivity index (χ2n) is 3.44. The fraction of sp³-hybridized carbons (Fsp3) is 0.900. The Morgan fingerprint density at radius 1 is 1.30 bits per heavy atom. The maximum atomic E-state index is 2.35. The molecule has 0 spiro atoms. The zero-order valence-corrected chi connectivity index (χ0v) is 7.85. The summed E-state index contributed by atoms with van der Waals surface area (Å²) in [5.74, 6) is 1.72. The van der Waals surface area contributed by atoms with Gasteiger partial charge in [0.25, 0.3) is 0 Å². The third kappa shape index (κ3) is 4.84. The number of rotatable bonds is 5. The van der Waals surface area contributed by atoms with Crippen LogP contribution in [0.1, 0.15) is 47.0 Å². The van der Waals surface area contributed by atoms with Gasteiger partial charge in [-0.25, -0.2) is 0 Å². The molecule has 0 aliphatic heterocycles. The second kappa shape index (κ2) is 5.76. The van der Waals surface area contributed by atoms with Crippen molar-refractivity contribution < 1.29 is 0 Å². The molecule has 0 saturated heterocycles. The van der Waals surface area contributed by atoms with E-state index in [4.69, 9.17) is 0 Å². The standard InChI is InChI=1S/C10H21/c1-5-7-10(4)8-9(3)6-2/h6,9-10H,5,7-8H2,1-4H3. The zero-order chi connectivity index (χ0) is 7.98. The van der Waals surface area contributed by atoms with Gasteiger partial charge in [0, 0.05) is 0 Å². The molecule has 0 N–H and O–H groups in total. The Hall–Kier alpha value is 0. The SMILES string of the molecule is C[CH]C(C)CC(C)CCC. The van der Waals surface area contributed by atoms with Crippen molar-refractivity contribution in [3.63, 3.8) is 0 Å². The van der Waals surface area contributed by atoms with Crippen molar-refractivity contribution in [3.05, 3.63) is 6.42 Å². The highest BCUT2D eigenvalue weighted by atomic mass is 14.1. The Labute approximate surface area is 66.0 Å². The summed E-state index contributed by atoms with van der Waals surface area (Å²) in [6.07, 6.45) is 6.38. The molecule has 0 aromatic heterocycles. The van der Waals surface area contributed by atoms with E-state index in [1.54, 1.807) is 0 Å². The lowest BCUT2D eigenvalue weighted by Gasteiger charge is -2.13. The summed E-state index contributed by atoms with van der Waals surface area (Å²) in [5, 5.41) is 0. The molecule has 0 heteroatoms. The van der Waals surface area contributed by atoms with Crippen molar-refractivity contribution in [2.45, 2.75) is 47.0 Å². The minimum atomic E-state index is 0.807. The lowest BCUT2D eigenvalue weighted by molar-refractivity contribution is 0.421. The van der Waals surface area contributed by atoms with Crippen LogP contribution in [0.3, 0.4) is 0 Å². The van der Waals surface area contributed by atoms with Crippen molar-refractivity contribution in [2.75, 3.05) is 0 Å². The molecular weight excluding hydrogens is 120 g/mol. The van der Waals surface area contributed by atoms with Crippen LogP contribution in [0.25, 0.3) is 0 Å². The quantitative estimate of drug-likeness (QED) is 0.548. The minimum absolute atomic E-state index is 0.807. The van der Waals surface area contributed by atoms with Gasteiger partial charge >= 0.3 is 0 Å². The van der Waals surface area contributed by atoms with Crippen LogP contribution < -0.4 is 0 Å². The van der Waals surface area contributed by atoms with E-state index in [9.17, 15) is 0 Å². The molecule has 0 heterocycles. The van der Waals surface area contributed by atoms with Gasteiger partial charge in [-0.05, 0) is 24.7 Å². The maximum Gasteiger partial charge on any atom is -0.0389 e. The van der Waals surface area contributed by atoms with Gasteiger partial charge in [-0.1, -0.05) is 40.5 Å². The van der Waals surface area contributed by atoms with E-state index >= 15 is 0 Å². The van der Waals surface area contributed by atoms with Crippen LogP contribution in [0.2, 0.25) is 0 Å². The molecule has 0 rings (SSSR count). The largest absolute Gasteiger partial charge is 0.0654 e. The highest BCUT2D eigenvalue weighted by molar-refractivity contribution is 4.68. The normalized spacial score (nSPS) is 16.8. The van der Waals surface area contributed by atoms with E-state index in [0.29, 0.717) is 0 Å². The molecule has 0 aliphatic carbocycles. The number of hydrogen-bond donors (Lipinski definition) is 0. The highest BCUT2D eigenvalue weighted by Crippen LogP contribution is 2.17. The highest BCUT2D eigenvalue weighted by Gasteiger charge is 2.05. The fourth-order valence-electron chi connectivity index (χ4n) is 1.38. The predicted molar refractivity (Wildman–Crippen MR) is 47.8 cm³/mol. The molecule has 0 amide bonds. The van der Waals surface area contributed by atoms with Crippen molar-refractivity contribution in [2.24, 2.45) is 11.8 Å². The Kier molecular flexibility index (Phi) is 5.76. The van der Waals surface area contributed by atoms with Crippen LogP contribution in [0.15, 0.2) is 0 Å². The van der Waals surface area contributed by atoms with E-state index in [1.807, 2.05) is 0 Å². The summed E-state index contributed by atoms with van der Waals surface area (Å²) in [6, 6.07) is 0. The third-order valence-corrected chi connectivity index (χ3v) is 2.12. The Morgan fingerprint density at radius 3 is 2.30 bits per heavy atom. The van der Waals surface area contributed by atoms with Gasteiger partial charge in [0.15, 0.2) is 0 Å². The summed E-state index contributed by atoms with van der Waals surface area (Å²) in [6.45, 7) is 9.07. The molecule has 10 heavy (non-hydrogen) atoms. The first-order chi connectivity index (χ1) is 4.70. The maximum absolute atomic E-state index is 2.35. The Bertz CT molecular complexity index is 66.4. The van der Waals surface area contributed by atoms with E-state index < -0.39 is 0 Å². The monoisotopic (exact) mass is 141 g/mol. The Balaban J connectivity index is 3.27. The molecule has 61 valence electrons. The summed E-state index contributed by atoms with van der Waals surface area (Å²) in [4.78, 5) is 0. The van der Waals surface area contributed by atoms with Crippen LogP contribution >= 0.6 is 0 Å². The minimum Gasteiger partial charge on any atom is -0.0654 e. The van der Waals surface area contributed by atoms with Crippen molar-refractivity contribution in [3.8, 4) is 0 Å². The van der Waals surface area contributed by atoms with Crippen LogP contribution in [-0.2, 0) is 0 Å². The molecule has 1 radical (unpaired) electrons. The summed E-state index contributed by atoms with van der Waals surface area (Å²) < 4.78 is 0. The van der Waals surface area contributed by atoms with Crippen LogP contribution in [0.5, 0.6) is 0 Å². The average molecular weight is 141 g/mol. The molecule has 2 atom stereocenters. The first kappa shape index (κ1) is 10.0. The van der Waals surface area contributed by atoms with Gasteiger partial charge < -0.3 is 0 Å². The average Bonchev–Trinajstić information content (AvgIpc) is 1.88. The van der Waals surface area contributed by atoms with Gasteiger partial charge in [0.1, 0.15) is 0 Å². The molecule has 0 saturated carbocycles. The van der Waals surface area contributed by atoms with E-state index in [0.717, 1.165) is 11.8 Å². The molecule has 2 unspecified atom stereocenters. The fourth-order valence-corrected chi connectivity index (χ4v) is 1.38. The van der Waals surface area contributed by atoms with Crippen molar-refractivity contribution >= 4 is 0 Å². The Morgan fingerprint density at radius 2 is 1.90 bits per heavy atom. The zero-order valence-electron chi connectivity index (χ0n) is 7.85. The van der Waals surface area contributed by atoms with Crippen LogP contribution in [-0.4, -0.2) is 0 Å². The van der Waals surface area contributed by atoms with E-state index in [1.165, 1.54) is 19.3 Å². The van der Waals surface area contributed by atoms with Gasteiger partial charge in [0.05, 0.1) is 0 Å². The summed E-state index contributed by atoms with van der Waals surface area (Å²) >= 11 is 0. The lowest BCUT2D eigenvalue weighted by Crippen LogP contribution is -2.01. The molecule has 0 aromatic carbocycles. The molecule has 0 nitrogen and oxygen atoms in total. The van der Waals surface area contributed by atoms with Crippen molar-refractivity contribution in [1.82, 2.24) is 0 Å². The second-order valence-corrected chi connectivity index (χ2v) is 3.44. The molecule has 0 bridgehead atoms. The summed E-state index contributed by atoms with van der Waals surface area (Å²) in [7, 11) is 0. The topological polar surface area (TPSA) is 0 Å².